The van der Waals surface area contributed by atoms with E-state index < -0.39 is 35.2 Å². The third kappa shape index (κ3) is 8.76. The molecule has 154 valence electrons. The molecule has 1 unspecified atom stereocenters. The van der Waals surface area contributed by atoms with E-state index in [1.54, 1.807) is 0 Å². The molecule has 0 aliphatic carbocycles. The van der Waals surface area contributed by atoms with Crippen LogP contribution in [0.4, 0.5) is 17.6 Å². The third-order valence-electron chi connectivity index (χ3n) is 4.52. The number of carbonyl (C=O) groups excluding carboxylic acids is 1. The van der Waals surface area contributed by atoms with Crippen LogP contribution in [0.25, 0.3) is 0 Å². The van der Waals surface area contributed by atoms with Gasteiger partial charge in [-0.25, -0.2) is 9.18 Å². The number of alkyl halides is 3. The molecule has 1 aromatic rings. The molecule has 1 atom stereocenters. The lowest BCUT2D eigenvalue weighted by molar-refractivity contribution is -0.138. The summed E-state index contributed by atoms with van der Waals surface area (Å²) in [4.78, 5) is 12.3. The first-order valence-corrected chi connectivity index (χ1v) is 9.87. The predicted octanol–water partition coefficient (Wildman–Crippen LogP) is 7.31. The van der Waals surface area contributed by atoms with Gasteiger partial charge in [0.05, 0.1) is 11.1 Å². The van der Waals surface area contributed by atoms with E-state index in [9.17, 15) is 22.4 Å². The first-order valence-electron chi connectivity index (χ1n) is 9.87. The van der Waals surface area contributed by atoms with Crippen molar-refractivity contribution < 1.29 is 27.1 Å². The highest BCUT2D eigenvalue weighted by Crippen LogP contribution is 2.33. The highest BCUT2D eigenvalue weighted by molar-refractivity contribution is 5.91. The van der Waals surface area contributed by atoms with Crippen molar-refractivity contribution in [1.29, 1.82) is 0 Å². The molecule has 0 radical (unpaired) electrons. The van der Waals surface area contributed by atoms with E-state index in [2.05, 4.69) is 6.92 Å². The normalized spacial score (nSPS) is 12.8. The average Bonchev–Trinajstić information content (AvgIpc) is 2.60. The van der Waals surface area contributed by atoms with Gasteiger partial charge in [-0.1, -0.05) is 58.8 Å². The summed E-state index contributed by atoms with van der Waals surface area (Å²) in [6.07, 6.45) is 4.61. The molecule has 6 heteroatoms. The Bertz CT molecular complexity index is 570. The van der Waals surface area contributed by atoms with Crippen molar-refractivity contribution in [3.63, 3.8) is 0 Å². The number of ether oxygens (including phenoxy) is 1. The van der Waals surface area contributed by atoms with E-state index in [0.717, 1.165) is 37.8 Å². The van der Waals surface area contributed by atoms with Crippen LogP contribution in [-0.4, -0.2) is 12.1 Å². The van der Waals surface area contributed by atoms with Gasteiger partial charge in [0.25, 0.3) is 0 Å². The van der Waals surface area contributed by atoms with Gasteiger partial charge in [-0.3, -0.25) is 0 Å². The van der Waals surface area contributed by atoms with Crippen LogP contribution in [0, 0.1) is 5.82 Å². The van der Waals surface area contributed by atoms with Crippen LogP contribution in [0.15, 0.2) is 18.2 Å². The lowest BCUT2D eigenvalue weighted by atomic mass is 10.0. The number of carbonyl (C=O) groups is 1. The van der Waals surface area contributed by atoms with E-state index in [-0.39, 0.29) is 0 Å². The Morgan fingerprint density at radius 2 is 1.59 bits per heavy atom. The van der Waals surface area contributed by atoms with Crippen molar-refractivity contribution in [2.45, 2.75) is 90.3 Å². The fourth-order valence-electron chi connectivity index (χ4n) is 3.06. The minimum absolute atomic E-state index is 0.335. The quantitative estimate of drug-likeness (QED) is 0.212. The van der Waals surface area contributed by atoms with E-state index in [4.69, 9.17) is 4.74 Å². The molecule has 0 saturated carbocycles. The molecular weight excluding hydrogens is 360 g/mol. The lowest BCUT2D eigenvalue weighted by Crippen LogP contribution is -2.21. The van der Waals surface area contributed by atoms with Gasteiger partial charge in [0.2, 0.25) is 0 Å². The Morgan fingerprint density at radius 1 is 0.963 bits per heavy atom. The monoisotopic (exact) mass is 390 g/mol. The molecule has 0 aliphatic heterocycles. The summed E-state index contributed by atoms with van der Waals surface area (Å²) < 4.78 is 57.8. The summed E-state index contributed by atoms with van der Waals surface area (Å²) in [6, 6.07) is 2.02. The molecule has 0 aromatic heterocycles. The second kappa shape index (κ2) is 12.0. The summed E-state index contributed by atoms with van der Waals surface area (Å²) in [7, 11) is 0. The SMILES string of the molecule is CCCCCCCCCC(CCC)OC(=O)c1ccc(F)cc1C(F)(F)F. The largest absolute Gasteiger partial charge is 0.459 e. The van der Waals surface area contributed by atoms with Crippen LogP contribution in [0.5, 0.6) is 0 Å². The molecule has 1 aromatic carbocycles. The minimum Gasteiger partial charge on any atom is -0.459 e. The molecule has 1 rings (SSSR count). The Labute approximate surface area is 159 Å². The maximum Gasteiger partial charge on any atom is 0.417 e. The number of halogens is 4. The summed E-state index contributed by atoms with van der Waals surface area (Å²) in [5, 5.41) is 0. The van der Waals surface area contributed by atoms with Crippen molar-refractivity contribution in [2.75, 3.05) is 0 Å². The summed E-state index contributed by atoms with van der Waals surface area (Å²) in [6.45, 7) is 4.10. The van der Waals surface area contributed by atoms with Gasteiger partial charge in [-0.15, -0.1) is 0 Å². The zero-order chi connectivity index (χ0) is 20.3. The van der Waals surface area contributed by atoms with Crippen molar-refractivity contribution in [2.24, 2.45) is 0 Å². The Balaban J connectivity index is 2.63. The minimum atomic E-state index is -4.81. The first kappa shape index (κ1) is 23.4. The molecule has 0 amide bonds. The van der Waals surface area contributed by atoms with E-state index in [1.807, 2.05) is 6.92 Å². The van der Waals surface area contributed by atoms with Crippen molar-refractivity contribution in [1.82, 2.24) is 0 Å². The van der Waals surface area contributed by atoms with Crippen LogP contribution < -0.4 is 0 Å². The van der Waals surface area contributed by atoms with Crippen LogP contribution in [-0.2, 0) is 10.9 Å². The Hall–Kier alpha value is -1.59. The zero-order valence-electron chi connectivity index (χ0n) is 16.2. The van der Waals surface area contributed by atoms with Crippen LogP contribution in [0.2, 0.25) is 0 Å². The van der Waals surface area contributed by atoms with Crippen molar-refractivity contribution in [3.8, 4) is 0 Å². The maximum absolute atomic E-state index is 13.2. The smallest absolute Gasteiger partial charge is 0.417 e. The lowest BCUT2D eigenvalue weighted by Gasteiger charge is -2.19. The molecular formula is C21H30F4O2. The van der Waals surface area contributed by atoms with E-state index in [0.29, 0.717) is 18.9 Å². The number of hydrogen-bond acceptors (Lipinski definition) is 2. The fourth-order valence-corrected chi connectivity index (χ4v) is 3.06. The molecule has 0 N–H and O–H groups in total. The highest BCUT2D eigenvalue weighted by atomic mass is 19.4. The van der Waals surface area contributed by atoms with Gasteiger partial charge < -0.3 is 4.74 Å². The molecule has 0 saturated heterocycles. The number of benzene rings is 1. The molecule has 0 aliphatic rings. The summed E-state index contributed by atoms with van der Waals surface area (Å²) in [5.41, 5.74) is -1.93. The van der Waals surface area contributed by atoms with Gasteiger partial charge in [0, 0.05) is 0 Å². The summed E-state index contributed by atoms with van der Waals surface area (Å²) in [5.74, 6) is -2.07. The topological polar surface area (TPSA) is 26.3 Å². The van der Waals surface area contributed by atoms with Gasteiger partial charge in [0.1, 0.15) is 11.9 Å². The van der Waals surface area contributed by atoms with Gasteiger partial charge >= 0.3 is 12.1 Å². The number of hydrogen-bond donors (Lipinski definition) is 0. The average molecular weight is 390 g/mol. The Kier molecular flexibility index (Phi) is 10.4. The van der Waals surface area contributed by atoms with Crippen molar-refractivity contribution in [3.05, 3.63) is 35.1 Å². The molecule has 2 nitrogen and oxygen atoms in total. The second-order valence-corrected chi connectivity index (χ2v) is 6.91. The van der Waals surface area contributed by atoms with E-state index in [1.165, 1.54) is 25.7 Å². The van der Waals surface area contributed by atoms with Crippen molar-refractivity contribution >= 4 is 5.97 Å². The standard InChI is InChI=1S/C21H30F4O2/c1-3-5-6-7-8-9-10-12-17(11-4-2)27-20(26)18-14-13-16(22)15-19(18)21(23,24)25/h13-15,17H,3-12H2,1-2H3. The predicted molar refractivity (Wildman–Crippen MR) is 98.1 cm³/mol. The highest BCUT2D eigenvalue weighted by Gasteiger charge is 2.36. The van der Waals surface area contributed by atoms with Crippen LogP contribution >= 0.6 is 0 Å². The molecule has 0 spiro atoms. The number of unbranched alkanes of at least 4 members (excludes halogenated alkanes) is 6. The van der Waals surface area contributed by atoms with Gasteiger partial charge in [0.15, 0.2) is 0 Å². The van der Waals surface area contributed by atoms with E-state index >= 15 is 0 Å². The van der Waals surface area contributed by atoms with Crippen LogP contribution in [0.3, 0.4) is 0 Å². The third-order valence-corrected chi connectivity index (χ3v) is 4.52. The first-order chi connectivity index (χ1) is 12.8. The zero-order valence-corrected chi connectivity index (χ0v) is 16.2. The fraction of sp³-hybridized carbons (Fsp3) is 0.667. The van der Waals surface area contributed by atoms with Gasteiger partial charge in [-0.05, 0) is 37.5 Å². The van der Waals surface area contributed by atoms with Gasteiger partial charge in [-0.2, -0.15) is 13.2 Å². The van der Waals surface area contributed by atoms with Crippen LogP contribution in [0.1, 0.15) is 94.0 Å². The Morgan fingerprint density at radius 3 is 2.19 bits per heavy atom. The summed E-state index contributed by atoms with van der Waals surface area (Å²) >= 11 is 0. The molecule has 0 fully saturated rings. The maximum atomic E-state index is 13.2. The molecule has 0 bridgehead atoms. The number of esters is 1. The molecule has 27 heavy (non-hydrogen) atoms. The number of rotatable bonds is 12. The molecule has 0 heterocycles. The second-order valence-electron chi connectivity index (χ2n) is 6.91.